The van der Waals surface area contributed by atoms with Crippen LogP contribution in [0, 0.1) is 11.3 Å². The standard InChI is InChI=1S/C14H20O3/c1-8-4-5-12(16)11-6-13(17)10(9(2)15)7-14(8,11)3/h6-9,12,15-16H,4-5H2,1-3H3/t8-,9?,12+,14+/m0/s1. The van der Waals surface area contributed by atoms with E-state index in [4.69, 9.17) is 0 Å². The summed E-state index contributed by atoms with van der Waals surface area (Å²) in [6.45, 7) is 5.78. The summed E-state index contributed by atoms with van der Waals surface area (Å²) in [7, 11) is 0. The van der Waals surface area contributed by atoms with E-state index in [9.17, 15) is 15.0 Å². The van der Waals surface area contributed by atoms with E-state index in [1.807, 2.05) is 13.0 Å². The number of ketones is 1. The first-order valence-corrected chi connectivity index (χ1v) is 6.21. The molecule has 3 heteroatoms. The van der Waals surface area contributed by atoms with E-state index >= 15 is 0 Å². The lowest BCUT2D eigenvalue weighted by Crippen LogP contribution is -2.41. The normalized spacial score (nSPS) is 39.2. The van der Waals surface area contributed by atoms with Crippen molar-refractivity contribution in [3.63, 3.8) is 0 Å². The summed E-state index contributed by atoms with van der Waals surface area (Å²) in [6.07, 6.45) is 3.78. The minimum absolute atomic E-state index is 0.166. The van der Waals surface area contributed by atoms with Gasteiger partial charge in [-0.05, 0) is 37.3 Å². The van der Waals surface area contributed by atoms with Gasteiger partial charge in [0.25, 0.3) is 0 Å². The highest BCUT2D eigenvalue weighted by Crippen LogP contribution is 2.48. The van der Waals surface area contributed by atoms with Crippen LogP contribution in [-0.2, 0) is 4.79 Å². The number of aliphatic hydroxyl groups is 2. The largest absolute Gasteiger partial charge is 0.389 e. The van der Waals surface area contributed by atoms with E-state index in [1.165, 1.54) is 6.08 Å². The van der Waals surface area contributed by atoms with Crippen molar-refractivity contribution in [2.24, 2.45) is 11.3 Å². The van der Waals surface area contributed by atoms with Crippen molar-refractivity contribution in [2.45, 2.75) is 45.8 Å². The molecular weight excluding hydrogens is 216 g/mol. The summed E-state index contributed by atoms with van der Waals surface area (Å²) >= 11 is 0. The number of carbonyl (C=O) groups is 1. The number of rotatable bonds is 1. The predicted octanol–water partition coefficient (Wildman–Crippen LogP) is 1.60. The van der Waals surface area contributed by atoms with Crippen molar-refractivity contribution in [3.05, 3.63) is 23.3 Å². The molecular formula is C14H20O3. The van der Waals surface area contributed by atoms with Crippen LogP contribution in [-0.4, -0.2) is 28.2 Å². The summed E-state index contributed by atoms with van der Waals surface area (Å²) < 4.78 is 0. The van der Waals surface area contributed by atoms with Gasteiger partial charge in [0.05, 0.1) is 12.2 Å². The first-order valence-electron chi connectivity index (χ1n) is 6.21. The number of hydrogen-bond donors (Lipinski definition) is 2. The molecule has 0 aromatic carbocycles. The number of allylic oxidation sites excluding steroid dienone is 2. The zero-order valence-electron chi connectivity index (χ0n) is 10.6. The van der Waals surface area contributed by atoms with E-state index < -0.39 is 12.2 Å². The molecule has 1 fully saturated rings. The molecule has 1 saturated carbocycles. The third-order valence-corrected chi connectivity index (χ3v) is 4.35. The third-order valence-electron chi connectivity index (χ3n) is 4.35. The lowest BCUT2D eigenvalue weighted by atomic mass is 9.61. The van der Waals surface area contributed by atoms with Crippen molar-refractivity contribution >= 4 is 5.78 Å². The number of aliphatic hydroxyl groups excluding tert-OH is 2. The molecule has 0 aromatic heterocycles. The van der Waals surface area contributed by atoms with Gasteiger partial charge in [0.2, 0.25) is 0 Å². The van der Waals surface area contributed by atoms with Gasteiger partial charge in [-0.3, -0.25) is 4.79 Å². The topological polar surface area (TPSA) is 57.5 Å². The van der Waals surface area contributed by atoms with Crippen LogP contribution in [0.3, 0.4) is 0 Å². The Morgan fingerprint density at radius 3 is 2.71 bits per heavy atom. The van der Waals surface area contributed by atoms with Gasteiger partial charge < -0.3 is 10.2 Å². The Labute approximate surface area is 102 Å². The minimum atomic E-state index is -0.747. The minimum Gasteiger partial charge on any atom is -0.389 e. The zero-order valence-corrected chi connectivity index (χ0v) is 10.6. The van der Waals surface area contributed by atoms with Gasteiger partial charge in [0.15, 0.2) is 5.78 Å². The molecule has 17 heavy (non-hydrogen) atoms. The van der Waals surface area contributed by atoms with Crippen LogP contribution < -0.4 is 0 Å². The molecule has 0 amide bonds. The summed E-state index contributed by atoms with van der Waals surface area (Å²) in [5.74, 6) is 0.208. The molecule has 0 aromatic rings. The van der Waals surface area contributed by atoms with E-state index in [1.54, 1.807) is 6.92 Å². The molecule has 0 spiro atoms. The fraction of sp³-hybridized carbons (Fsp3) is 0.643. The Balaban J connectivity index is 2.48. The van der Waals surface area contributed by atoms with Gasteiger partial charge in [0, 0.05) is 11.0 Å². The molecule has 0 aliphatic heterocycles. The highest BCUT2D eigenvalue weighted by atomic mass is 16.3. The quantitative estimate of drug-likeness (QED) is 0.727. The van der Waals surface area contributed by atoms with E-state index in [-0.39, 0.29) is 11.2 Å². The maximum atomic E-state index is 11.9. The Kier molecular flexibility index (Phi) is 3.00. The lowest BCUT2D eigenvalue weighted by molar-refractivity contribution is -0.112. The van der Waals surface area contributed by atoms with Gasteiger partial charge >= 0.3 is 0 Å². The number of hydrogen-bond acceptors (Lipinski definition) is 3. The molecule has 0 heterocycles. The summed E-state index contributed by atoms with van der Waals surface area (Å²) in [6, 6.07) is 0. The van der Waals surface area contributed by atoms with Crippen LogP contribution in [0.5, 0.6) is 0 Å². The van der Waals surface area contributed by atoms with Crippen LogP contribution in [0.15, 0.2) is 23.3 Å². The van der Waals surface area contributed by atoms with Crippen molar-refractivity contribution in [1.82, 2.24) is 0 Å². The predicted molar refractivity (Wildman–Crippen MR) is 65.4 cm³/mol. The lowest BCUT2D eigenvalue weighted by Gasteiger charge is -2.44. The first kappa shape index (κ1) is 12.5. The second-order valence-corrected chi connectivity index (χ2v) is 5.52. The van der Waals surface area contributed by atoms with Crippen LogP contribution in [0.4, 0.5) is 0 Å². The molecule has 94 valence electrons. The van der Waals surface area contributed by atoms with E-state index in [0.717, 1.165) is 12.0 Å². The van der Waals surface area contributed by atoms with Crippen LogP contribution >= 0.6 is 0 Å². The highest BCUT2D eigenvalue weighted by Gasteiger charge is 2.43. The van der Waals surface area contributed by atoms with Crippen LogP contribution in [0.2, 0.25) is 0 Å². The van der Waals surface area contributed by atoms with Crippen molar-refractivity contribution < 1.29 is 15.0 Å². The molecule has 0 bridgehead atoms. The smallest absolute Gasteiger partial charge is 0.184 e. The molecule has 0 radical (unpaired) electrons. The van der Waals surface area contributed by atoms with Gasteiger partial charge in [-0.1, -0.05) is 19.9 Å². The molecule has 3 nitrogen and oxygen atoms in total. The van der Waals surface area contributed by atoms with Gasteiger partial charge in [-0.15, -0.1) is 0 Å². The molecule has 2 rings (SSSR count). The molecule has 2 N–H and O–H groups in total. The van der Waals surface area contributed by atoms with Crippen molar-refractivity contribution in [2.75, 3.05) is 0 Å². The Morgan fingerprint density at radius 2 is 2.12 bits per heavy atom. The monoisotopic (exact) mass is 236 g/mol. The fourth-order valence-corrected chi connectivity index (χ4v) is 2.93. The second kappa shape index (κ2) is 4.07. The Hall–Kier alpha value is -0.930. The Bertz CT molecular complexity index is 406. The van der Waals surface area contributed by atoms with E-state index in [2.05, 4.69) is 6.92 Å². The number of fused-ring (bicyclic) bond motifs is 1. The SMILES string of the molecule is CC(O)C1=C[C@@]2(C)C(=CC1=O)[C@H](O)CC[C@@H]2C. The molecule has 4 atom stereocenters. The van der Waals surface area contributed by atoms with Gasteiger partial charge in [0.1, 0.15) is 0 Å². The Morgan fingerprint density at radius 1 is 1.47 bits per heavy atom. The van der Waals surface area contributed by atoms with E-state index in [0.29, 0.717) is 17.9 Å². The maximum Gasteiger partial charge on any atom is 0.184 e. The molecule has 2 aliphatic carbocycles. The van der Waals surface area contributed by atoms with Crippen molar-refractivity contribution in [1.29, 1.82) is 0 Å². The van der Waals surface area contributed by atoms with Crippen LogP contribution in [0.1, 0.15) is 33.6 Å². The number of carbonyl (C=O) groups excluding carboxylic acids is 1. The summed E-state index contributed by atoms with van der Waals surface area (Å²) in [4.78, 5) is 11.9. The zero-order chi connectivity index (χ0) is 12.8. The average Bonchev–Trinajstić information content (AvgIpc) is 2.26. The summed E-state index contributed by atoms with van der Waals surface area (Å²) in [5, 5.41) is 19.6. The maximum absolute atomic E-state index is 11.9. The van der Waals surface area contributed by atoms with Gasteiger partial charge in [-0.2, -0.15) is 0 Å². The van der Waals surface area contributed by atoms with Gasteiger partial charge in [-0.25, -0.2) is 0 Å². The van der Waals surface area contributed by atoms with Crippen molar-refractivity contribution in [3.8, 4) is 0 Å². The fourth-order valence-electron chi connectivity index (χ4n) is 2.93. The molecule has 2 aliphatic rings. The molecule has 1 unspecified atom stereocenters. The average molecular weight is 236 g/mol. The molecule has 0 saturated heterocycles. The summed E-state index contributed by atoms with van der Waals surface area (Å²) in [5.41, 5.74) is 0.973. The third kappa shape index (κ3) is 1.87. The van der Waals surface area contributed by atoms with Crippen LogP contribution in [0.25, 0.3) is 0 Å². The second-order valence-electron chi connectivity index (χ2n) is 5.52. The first-order chi connectivity index (χ1) is 7.86. The highest BCUT2D eigenvalue weighted by molar-refractivity contribution is 6.06.